The Bertz CT molecular complexity index is 1610. The minimum atomic E-state index is -0.284. The number of benzene rings is 3. The summed E-state index contributed by atoms with van der Waals surface area (Å²) in [6.45, 7) is 7.60. The minimum absolute atomic E-state index is 0.0188. The van der Waals surface area contributed by atoms with Crippen LogP contribution in [0.25, 0.3) is 6.08 Å². The van der Waals surface area contributed by atoms with Crippen molar-refractivity contribution >= 4 is 41.1 Å². The second-order valence-electron chi connectivity index (χ2n) is 12.0. The van der Waals surface area contributed by atoms with Gasteiger partial charge in [0.25, 0.3) is 5.91 Å². The highest BCUT2D eigenvalue weighted by Crippen LogP contribution is 2.35. The van der Waals surface area contributed by atoms with Crippen LogP contribution in [-0.2, 0) is 20.9 Å². The lowest BCUT2D eigenvalue weighted by Gasteiger charge is -2.22. The van der Waals surface area contributed by atoms with Crippen molar-refractivity contribution in [3.8, 4) is 0 Å². The van der Waals surface area contributed by atoms with Gasteiger partial charge in [0, 0.05) is 67.4 Å². The van der Waals surface area contributed by atoms with Crippen molar-refractivity contribution in [2.24, 2.45) is 16.6 Å². The van der Waals surface area contributed by atoms with Gasteiger partial charge in [-0.3, -0.25) is 19.3 Å². The van der Waals surface area contributed by atoms with E-state index < -0.39 is 0 Å². The Morgan fingerprint density at radius 2 is 1.70 bits per heavy atom. The SMILES string of the molecule is CCCN(CCC)C(=O)C1=Cc2ccc(C(=O)Nc3ccc(C4CN(Cc5ccccc5)C[C@@H]4C(=O)OC)cc3)cc2N=C(N)C1. The number of amidine groups is 1. The Labute approximate surface area is 271 Å². The number of carbonyl (C=O) groups excluding carboxylic acids is 3. The van der Waals surface area contributed by atoms with Crippen LogP contribution in [0.5, 0.6) is 0 Å². The molecule has 5 rings (SSSR count). The van der Waals surface area contributed by atoms with Gasteiger partial charge in [-0.25, -0.2) is 4.99 Å². The van der Waals surface area contributed by atoms with Crippen LogP contribution in [0.2, 0.25) is 0 Å². The van der Waals surface area contributed by atoms with Crippen LogP contribution in [0.4, 0.5) is 11.4 Å². The third-order valence-electron chi connectivity index (χ3n) is 8.55. The van der Waals surface area contributed by atoms with Crippen molar-refractivity contribution in [3.05, 3.63) is 101 Å². The highest BCUT2D eigenvalue weighted by molar-refractivity contribution is 6.08. The number of methoxy groups -OCH3 is 1. The number of nitrogens with two attached hydrogens (primary N) is 1. The maximum atomic E-state index is 13.3. The average Bonchev–Trinajstić information content (AvgIpc) is 3.40. The van der Waals surface area contributed by atoms with Gasteiger partial charge in [-0.1, -0.05) is 62.4 Å². The van der Waals surface area contributed by atoms with Crippen LogP contribution >= 0.6 is 0 Å². The third kappa shape index (κ3) is 7.72. The molecule has 2 aliphatic heterocycles. The number of anilines is 1. The molecule has 9 nitrogen and oxygen atoms in total. The molecule has 2 atom stereocenters. The number of hydrogen-bond donors (Lipinski definition) is 2. The third-order valence-corrected chi connectivity index (χ3v) is 8.55. The number of aliphatic imine (C=N–C) groups is 1. The number of nitrogens with zero attached hydrogens (tertiary/aromatic N) is 3. The summed E-state index contributed by atoms with van der Waals surface area (Å²) in [5.74, 6) is -0.482. The van der Waals surface area contributed by atoms with E-state index in [2.05, 4.69) is 41.2 Å². The molecule has 3 N–H and O–H groups in total. The Morgan fingerprint density at radius 3 is 2.37 bits per heavy atom. The molecule has 0 radical (unpaired) electrons. The van der Waals surface area contributed by atoms with Crippen LogP contribution in [0.15, 0.2) is 83.4 Å². The van der Waals surface area contributed by atoms with E-state index >= 15 is 0 Å². The molecule has 2 aliphatic rings. The van der Waals surface area contributed by atoms with Gasteiger partial charge in [0.05, 0.1) is 18.7 Å². The van der Waals surface area contributed by atoms with E-state index in [9.17, 15) is 14.4 Å². The van der Waals surface area contributed by atoms with Crippen molar-refractivity contribution in [3.63, 3.8) is 0 Å². The molecule has 1 fully saturated rings. The van der Waals surface area contributed by atoms with Gasteiger partial charge in [0.15, 0.2) is 0 Å². The van der Waals surface area contributed by atoms with Gasteiger partial charge in [0.2, 0.25) is 5.91 Å². The molecule has 0 bridgehead atoms. The van der Waals surface area contributed by atoms with Crippen molar-refractivity contribution in [1.29, 1.82) is 0 Å². The first-order chi connectivity index (χ1) is 22.3. The fourth-order valence-electron chi connectivity index (χ4n) is 6.33. The van der Waals surface area contributed by atoms with E-state index in [1.165, 1.54) is 12.7 Å². The van der Waals surface area contributed by atoms with E-state index in [1.54, 1.807) is 18.2 Å². The fourth-order valence-corrected chi connectivity index (χ4v) is 6.33. The van der Waals surface area contributed by atoms with Gasteiger partial charge in [-0.2, -0.15) is 0 Å². The first-order valence-electron chi connectivity index (χ1n) is 16.0. The Balaban J connectivity index is 1.28. The summed E-state index contributed by atoms with van der Waals surface area (Å²) in [5.41, 5.74) is 11.4. The zero-order valence-electron chi connectivity index (χ0n) is 26.9. The molecule has 9 heteroatoms. The number of amides is 2. The summed E-state index contributed by atoms with van der Waals surface area (Å²) in [6, 6.07) is 23.1. The molecule has 3 aromatic carbocycles. The highest BCUT2D eigenvalue weighted by Gasteiger charge is 2.39. The van der Waals surface area contributed by atoms with Crippen molar-refractivity contribution in [2.75, 3.05) is 38.6 Å². The Morgan fingerprint density at radius 1 is 0.978 bits per heavy atom. The van der Waals surface area contributed by atoms with E-state index in [-0.39, 0.29) is 36.0 Å². The van der Waals surface area contributed by atoms with Crippen LogP contribution in [0.3, 0.4) is 0 Å². The summed E-state index contributed by atoms with van der Waals surface area (Å²) < 4.78 is 5.15. The van der Waals surface area contributed by atoms with Gasteiger partial charge in [-0.15, -0.1) is 0 Å². The lowest BCUT2D eigenvalue weighted by Crippen LogP contribution is -2.34. The van der Waals surface area contributed by atoms with E-state index in [0.717, 1.165) is 37.1 Å². The summed E-state index contributed by atoms with van der Waals surface area (Å²) >= 11 is 0. The monoisotopic (exact) mass is 621 g/mol. The molecule has 46 heavy (non-hydrogen) atoms. The number of fused-ring (bicyclic) bond motifs is 1. The number of ether oxygens (including phenoxy) is 1. The zero-order chi connectivity index (χ0) is 32.6. The minimum Gasteiger partial charge on any atom is -0.469 e. The Hall–Kier alpha value is -4.76. The van der Waals surface area contributed by atoms with Crippen molar-refractivity contribution in [2.45, 2.75) is 45.6 Å². The maximum Gasteiger partial charge on any atom is 0.310 e. The second-order valence-corrected chi connectivity index (χ2v) is 12.0. The Kier molecular flexibility index (Phi) is 10.6. The number of rotatable bonds is 11. The van der Waals surface area contributed by atoms with Gasteiger partial charge in [0.1, 0.15) is 5.84 Å². The summed E-state index contributed by atoms with van der Waals surface area (Å²) in [6.07, 6.45) is 3.85. The first-order valence-corrected chi connectivity index (χ1v) is 16.0. The number of hydrogen-bond acceptors (Lipinski definition) is 7. The standard InChI is InChI=1S/C37H43N5O4/c1-4-17-42(18-5-2)36(44)29-19-27-11-12-28(20-33(27)40-34(38)21-29)35(43)39-30-15-13-26(14-16-30)31-23-41(24-32(31)37(45)46-3)22-25-9-7-6-8-10-25/h6-16,19-20,31-32H,4-5,17-18,21-24H2,1-3H3,(H2,38,40)(H,39,43)/t31?,32-/m0/s1. The summed E-state index contributed by atoms with van der Waals surface area (Å²) in [5, 5.41) is 2.97. The lowest BCUT2D eigenvalue weighted by atomic mass is 9.89. The average molecular weight is 622 g/mol. The van der Waals surface area contributed by atoms with E-state index in [0.29, 0.717) is 48.0 Å². The molecule has 0 aliphatic carbocycles. The molecule has 0 saturated carbocycles. The number of nitrogens with one attached hydrogen (secondary N) is 1. The van der Waals surface area contributed by atoms with Crippen molar-refractivity contribution < 1.29 is 19.1 Å². The molecule has 1 unspecified atom stereocenters. The van der Waals surface area contributed by atoms with Crippen molar-refractivity contribution in [1.82, 2.24) is 9.80 Å². The predicted molar refractivity (Wildman–Crippen MR) is 182 cm³/mol. The quantitative estimate of drug-likeness (QED) is 0.263. The van der Waals surface area contributed by atoms with Crippen LogP contribution in [0, 0.1) is 5.92 Å². The molecule has 1 saturated heterocycles. The smallest absolute Gasteiger partial charge is 0.310 e. The molecule has 240 valence electrons. The van der Waals surface area contributed by atoms with Gasteiger partial charge in [-0.05, 0) is 54.3 Å². The number of esters is 1. The molecule has 0 aromatic heterocycles. The van der Waals surface area contributed by atoms with Gasteiger partial charge >= 0.3 is 5.97 Å². The summed E-state index contributed by atoms with van der Waals surface area (Å²) in [7, 11) is 1.43. The predicted octanol–water partition coefficient (Wildman–Crippen LogP) is 5.75. The number of likely N-dealkylation sites (tertiary alicyclic amines) is 1. The summed E-state index contributed by atoms with van der Waals surface area (Å²) in [4.78, 5) is 47.9. The molecular weight excluding hydrogens is 578 g/mol. The molecule has 0 spiro atoms. The maximum absolute atomic E-state index is 13.3. The number of carbonyl (C=O) groups is 3. The first kappa shape index (κ1) is 32.6. The topological polar surface area (TPSA) is 117 Å². The normalized spacial score (nSPS) is 17.7. The lowest BCUT2D eigenvalue weighted by molar-refractivity contribution is -0.145. The van der Waals surface area contributed by atoms with E-state index in [4.69, 9.17) is 10.5 Å². The largest absolute Gasteiger partial charge is 0.469 e. The van der Waals surface area contributed by atoms with Crippen LogP contribution < -0.4 is 11.1 Å². The molecule has 2 amide bonds. The van der Waals surface area contributed by atoms with Gasteiger partial charge < -0.3 is 20.7 Å². The molecular formula is C37H43N5O4. The molecule has 3 aromatic rings. The fraction of sp³-hybridized carbons (Fsp3) is 0.351. The van der Waals surface area contributed by atoms with E-state index in [1.807, 2.05) is 53.4 Å². The van der Waals surface area contributed by atoms with Crippen LogP contribution in [0.1, 0.15) is 66.1 Å². The zero-order valence-corrected chi connectivity index (χ0v) is 26.9. The van der Waals surface area contributed by atoms with Crippen LogP contribution in [-0.4, -0.2) is 66.7 Å². The highest BCUT2D eigenvalue weighted by atomic mass is 16.5. The molecule has 2 heterocycles. The second kappa shape index (κ2) is 15.0.